The molecule has 1 saturated heterocycles. The summed E-state index contributed by atoms with van der Waals surface area (Å²) in [6.07, 6.45) is 1.00. The van der Waals surface area contributed by atoms with Crippen LogP contribution < -0.4 is 15.8 Å². The highest BCUT2D eigenvalue weighted by atomic mass is 35.5. The van der Waals surface area contributed by atoms with Gasteiger partial charge >= 0.3 is 6.03 Å². The molecule has 8 nitrogen and oxygen atoms in total. The average molecular weight is 551 g/mol. The van der Waals surface area contributed by atoms with Crippen molar-refractivity contribution < 1.29 is 22.4 Å². The number of nitrogens with zero attached hydrogens (tertiary/aromatic N) is 1. The molecule has 36 heavy (non-hydrogen) atoms. The number of sulfonamides is 1. The van der Waals surface area contributed by atoms with Crippen molar-refractivity contribution in [2.75, 3.05) is 17.2 Å². The van der Waals surface area contributed by atoms with Crippen molar-refractivity contribution in [1.82, 2.24) is 4.90 Å². The normalized spacial score (nSPS) is 15.6. The summed E-state index contributed by atoms with van der Waals surface area (Å²) in [7, 11) is -4.03. The fraction of sp³-hybridized carbons (Fsp3) is 0.167. The van der Waals surface area contributed by atoms with Gasteiger partial charge in [0.15, 0.2) is 0 Å². The summed E-state index contributed by atoms with van der Waals surface area (Å²) >= 11 is 11.9. The number of nitrogens with one attached hydrogen (secondary N) is 2. The lowest BCUT2D eigenvalue weighted by atomic mass is 10.0. The number of urea groups is 1. The van der Waals surface area contributed by atoms with Crippen molar-refractivity contribution in [3.05, 3.63) is 76.5 Å². The van der Waals surface area contributed by atoms with E-state index in [-0.39, 0.29) is 26.7 Å². The van der Waals surface area contributed by atoms with E-state index in [1.165, 1.54) is 41.3 Å². The number of carbonyl (C=O) groups excluding carboxylic acids is 2. The Morgan fingerprint density at radius 3 is 2.44 bits per heavy atom. The SMILES string of the molecule is NS(=O)(=O)c1ccccc1-c1ccc(NC(=O)C2CCCN2C(=O)Nc2ccc(Cl)c(Cl)c2)c(F)c1. The number of amides is 3. The number of hydrogen-bond donors (Lipinski definition) is 3. The zero-order valence-corrected chi connectivity index (χ0v) is 21.0. The maximum atomic E-state index is 14.9. The molecule has 1 atom stereocenters. The smallest absolute Gasteiger partial charge is 0.322 e. The molecule has 0 spiro atoms. The van der Waals surface area contributed by atoms with Crippen LogP contribution in [0.3, 0.4) is 0 Å². The summed E-state index contributed by atoms with van der Waals surface area (Å²) in [6, 6.07) is 13.2. The lowest BCUT2D eigenvalue weighted by molar-refractivity contribution is -0.119. The molecule has 1 aliphatic rings. The molecular weight excluding hydrogens is 530 g/mol. The van der Waals surface area contributed by atoms with Gasteiger partial charge in [0.1, 0.15) is 11.9 Å². The van der Waals surface area contributed by atoms with Crippen LogP contribution in [0.2, 0.25) is 10.0 Å². The van der Waals surface area contributed by atoms with Crippen LogP contribution in [0.1, 0.15) is 12.8 Å². The van der Waals surface area contributed by atoms with Gasteiger partial charge in [-0.25, -0.2) is 22.7 Å². The van der Waals surface area contributed by atoms with Crippen LogP contribution in [0.4, 0.5) is 20.6 Å². The molecule has 0 radical (unpaired) electrons. The number of carbonyl (C=O) groups is 2. The maximum absolute atomic E-state index is 14.9. The number of halogens is 3. The first-order valence-corrected chi connectivity index (χ1v) is 13.1. The largest absolute Gasteiger partial charge is 0.322 e. The van der Waals surface area contributed by atoms with Crippen molar-refractivity contribution in [2.45, 2.75) is 23.8 Å². The third-order valence-electron chi connectivity index (χ3n) is 5.72. The minimum absolute atomic E-state index is 0.103. The van der Waals surface area contributed by atoms with Gasteiger partial charge in [0.2, 0.25) is 15.9 Å². The highest BCUT2D eigenvalue weighted by Crippen LogP contribution is 2.30. The number of nitrogens with two attached hydrogens (primary N) is 1. The molecule has 188 valence electrons. The van der Waals surface area contributed by atoms with Crippen LogP contribution in [0, 0.1) is 5.82 Å². The highest BCUT2D eigenvalue weighted by Gasteiger charge is 2.34. The molecule has 0 bridgehead atoms. The molecule has 1 heterocycles. The first-order chi connectivity index (χ1) is 17.0. The summed E-state index contributed by atoms with van der Waals surface area (Å²) in [4.78, 5) is 26.9. The van der Waals surface area contributed by atoms with E-state index in [1.54, 1.807) is 18.2 Å². The van der Waals surface area contributed by atoms with Crippen LogP contribution >= 0.6 is 23.2 Å². The van der Waals surface area contributed by atoms with Gasteiger partial charge in [-0.3, -0.25) is 4.79 Å². The minimum atomic E-state index is -4.03. The Balaban J connectivity index is 1.49. The Bertz CT molecular complexity index is 1450. The summed E-state index contributed by atoms with van der Waals surface area (Å²) in [5.74, 6) is -1.32. The lowest BCUT2D eigenvalue weighted by Crippen LogP contribution is -2.45. The molecule has 0 aliphatic carbocycles. The molecule has 3 amide bonds. The first-order valence-electron chi connectivity index (χ1n) is 10.8. The monoisotopic (exact) mass is 550 g/mol. The molecule has 1 aliphatic heterocycles. The first kappa shape index (κ1) is 25.9. The van der Waals surface area contributed by atoms with E-state index < -0.39 is 33.8 Å². The summed E-state index contributed by atoms with van der Waals surface area (Å²) in [5, 5.41) is 11.1. The Kier molecular flexibility index (Phi) is 7.51. The molecule has 0 aromatic heterocycles. The Morgan fingerprint density at radius 1 is 1.00 bits per heavy atom. The maximum Gasteiger partial charge on any atom is 0.322 e. The number of anilines is 2. The van der Waals surface area contributed by atoms with Gasteiger partial charge in [-0.2, -0.15) is 0 Å². The molecule has 1 unspecified atom stereocenters. The van der Waals surface area contributed by atoms with Gasteiger partial charge in [-0.1, -0.05) is 47.5 Å². The van der Waals surface area contributed by atoms with E-state index in [4.69, 9.17) is 28.3 Å². The molecule has 0 saturated carbocycles. The number of hydrogen-bond acceptors (Lipinski definition) is 4. The second kappa shape index (κ2) is 10.4. The van der Waals surface area contributed by atoms with E-state index in [2.05, 4.69) is 10.6 Å². The fourth-order valence-corrected chi connectivity index (χ4v) is 5.06. The summed E-state index contributed by atoms with van der Waals surface area (Å²) in [5.41, 5.74) is 0.826. The lowest BCUT2D eigenvalue weighted by Gasteiger charge is -2.24. The second-order valence-corrected chi connectivity index (χ2v) is 10.5. The average Bonchev–Trinajstić information content (AvgIpc) is 3.33. The summed E-state index contributed by atoms with van der Waals surface area (Å²) < 4.78 is 38.7. The van der Waals surface area contributed by atoms with E-state index >= 15 is 0 Å². The highest BCUT2D eigenvalue weighted by molar-refractivity contribution is 7.89. The van der Waals surface area contributed by atoms with E-state index in [0.29, 0.717) is 30.1 Å². The molecule has 12 heteroatoms. The number of primary sulfonamides is 1. The fourth-order valence-electron chi connectivity index (χ4n) is 4.00. The quantitative estimate of drug-likeness (QED) is 0.409. The zero-order valence-electron chi connectivity index (χ0n) is 18.7. The number of likely N-dealkylation sites (tertiary alicyclic amines) is 1. The summed E-state index contributed by atoms with van der Waals surface area (Å²) in [6.45, 7) is 0.344. The van der Waals surface area contributed by atoms with Crippen molar-refractivity contribution >= 4 is 56.5 Å². The van der Waals surface area contributed by atoms with Gasteiger partial charge in [0, 0.05) is 17.8 Å². The molecule has 4 rings (SSSR count). The number of rotatable bonds is 5. The van der Waals surface area contributed by atoms with Crippen molar-refractivity contribution in [1.29, 1.82) is 0 Å². The van der Waals surface area contributed by atoms with Crippen molar-refractivity contribution in [3.63, 3.8) is 0 Å². The Labute approximate surface area is 217 Å². The van der Waals surface area contributed by atoms with Gasteiger partial charge < -0.3 is 15.5 Å². The van der Waals surface area contributed by atoms with Gasteiger partial charge in [-0.05, 0) is 54.8 Å². The third kappa shape index (κ3) is 5.62. The van der Waals surface area contributed by atoms with E-state index in [1.807, 2.05) is 0 Å². The predicted molar refractivity (Wildman–Crippen MR) is 137 cm³/mol. The predicted octanol–water partition coefficient (Wildman–Crippen LogP) is 5.08. The van der Waals surface area contributed by atoms with Crippen LogP contribution in [-0.4, -0.2) is 37.8 Å². The standard InChI is InChI=1S/C24H21Cl2FN4O4S/c25-17-9-8-15(13-18(17)26)29-24(33)31-11-3-5-21(31)23(32)30-20-10-7-14(12-19(20)27)16-4-1-2-6-22(16)36(28,34)35/h1-2,4,6-10,12-13,21H,3,5,11H2,(H,29,33)(H,30,32)(H2,28,34,35). The Morgan fingerprint density at radius 2 is 1.75 bits per heavy atom. The van der Waals surface area contributed by atoms with Gasteiger partial charge in [-0.15, -0.1) is 0 Å². The van der Waals surface area contributed by atoms with E-state index in [0.717, 1.165) is 6.07 Å². The van der Waals surface area contributed by atoms with E-state index in [9.17, 15) is 22.4 Å². The van der Waals surface area contributed by atoms with Crippen molar-refractivity contribution in [3.8, 4) is 11.1 Å². The van der Waals surface area contributed by atoms with Crippen LogP contribution in [0.15, 0.2) is 65.6 Å². The zero-order chi connectivity index (χ0) is 26.0. The molecular formula is C24H21Cl2FN4O4S. The van der Waals surface area contributed by atoms with Gasteiger partial charge in [0.05, 0.1) is 20.6 Å². The van der Waals surface area contributed by atoms with Gasteiger partial charge in [0.25, 0.3) is 0 Å². The number of benzene rings is 3. The second-order valence-electron chi connectivity index (χ2n) is 8.14. The topological polar surface area (TPSA) is 122 Å². The van der Waals surface area contributed by atoms with Crippen molar-refractivity contribution in [2.24, 2.45) is 5.14 Å². The molecule has 3 aromatic carbocycles. The molecule has 1 fully saturated rings. The molecule has 4 N–H and O–H groups in total. The van der Waals surface area contributed by atoms with Crippen LogP contribution in [-0.2, 0) is 14.8 Å². The van der Waals surface area contributed by atoms with Crippen LogP contribution in [0.25, 0.3) is 11.1 Å². The van der Waals surface area contributed by atoms with Crippen LogP contribution in [0.5, 0.6) is 0 Å². The Hall–Kier alpha value is -3.18. The third-order valence-corrected chi connectivity index (χ3v) is 7.43. The minimum Gasteiger partial charge on any atom is -0.322 e. The molecule has 3 aromatic rings.